The fourth-order valence-electron chi connectivity index (χ4n) is 3.51. The third-order valence-corrected chi connectivity index (χ3v) is 4.83. The van der Waals surface area contributed by atoms with Crippen LogP contribution in [0.25, 0.3) is 0 Å². The molecule has 3 atom stereocenters. The number of β-amino-alcohol motifs (C(OH)–C–C–N with tert-alkyl or cyclic N) is 1. The van der Waals surface area contributed by atoms with Gasteiger partial charge in [-0.15, -0.1) is 0 Å². The molecule has 2 aliphatic rings. The quantitative estimate of drug-likeness (QED) is 0.727. The van der Waals surface area contributed by atoms with Crippen molar-refractivity contribution < 1.29 is 14.6 Å². The summed E-state index contributed by atoms with van der Waals surface area (Å²) in [6.45, 7) is 5.27. The fourth-order valence-corrected chi connectivity index (χ4v) is 3.51. The van der Waals surface area contributed by atoms with E-state index < -0.39 is 6.10 Å². The van der Waals surface area contributed by atoms with Crippen LogP contribution < -0.4 is 0 Å². The van der Waals surface area contributed by atoms with Crippen molar-refractivity contribution in [1.29, 1.82) is 0 Å². The molecule has 0 radical (unpaired) electrons. The molecule has 0 aromatic rings. The second-order valence-corrected chi connectivity index (χ2v) is 6.84. The zero-order valence-electron chi connectivity index (χ0n) is 15.0. The van der Waals surface area contributed by atoms with Crippen LogP contribution in [0.3, 0.4) is 0 Å². The predicted molar refractivity (Wildman–Crippen MR) is 96.7 cm³/mol. The molecule has 1 saturated heterocycles. The van der Waals surface area contributed by atoms with E-state index in [1.165, 1.54) is 5.57 Å². The highest BCUT2D eigenvalue weighted by atomic mass is 16.5. The van der Waals surface area contributed by atoms with Crippen LogP contribution in [0.4, 0.5) is 0 Å². The van der Waals surface area contributed by atoms with Crippen molar-refractivity contribution in [2.24, 2.45) is 0 Å². The van der Waals surface area contributed by atoms with Crippen molar-refractivity contribution in [2.45, 2.75) is 70.6 Å². The molecular weight excluding hydrogens is 302 g/mol. The second-order valence-electron chi connectivity index (χ2n) is 6.84. The van der Waals surface area contributed by atoms with Crippen molar-refractivity contribution >= 4 is 5.91 Å². The Morgan fingerprint density at radius 3 is 2.79 bits per heavy atom. The third-order valence-electron chi connectivity index (χ3n) is 4.83. The third kappa shape index (κ3) is 5.60. The molecular formula is C20H31NO3. The van der Waals surface area contributed by atoms with Gasteiger partial charge in [0.25, 0.3) is 0 Å². The molecule has 0 bridgehead atoms. The summed E-state index contributed by atoms with van der Waals surface area (Å²) < 4.78 is 6.14. The molecule has 1 aliphatic heterocycles. The molecule has 0 aromatic carbocycles. The zero-order valence-corrected chi connectivity index (χ0v) is 15.0. The number of aliphatic hydroxyl groups is 1. The van der Waals surface area contributed by atoms with E-state index in [9.17, 15) is 9.90 Å². The van der Waals surface area contributed by atoms with Gasteiger partial charge in [-0.1, -0.05) is 48.8 Å². The molecule has 4 nitrogen and oxygen atoms in total. The highest BCUT2D eigenvalue weighted by Gasteiger charge is 2.38. The van der Waals surface area contributed by atoms with Gasteiger partial charge in [0.05, 0.1) is 31.3 Å². The Morgan fingerprint density at radius 1 is 1.29 bits per heavy atom. The van der Waals surface area contributed by atoms with E-state index in [0.29, 0.717) is 13.2 Å². The summed E-state index contributed by atoms with van der Waals surface area (Å²) in [6.07, 6.45) is 15.3. The average Bonchev–Trinajstić information content (AvgIpc) is 2.90. The van der Waals surface area contributed by atoms with Gasteiger partial charge in [0.15, 0.2) is 0 Å². The first-order chi connectivity index (χ1) is 11.6. The minimum absolute atomic E-state index is 0.0770. The van der Waals surface area contributed by atoms with Crippen molar-refractivity contribution in [1.82, 2.24) is 4.90 Å². The molecule has 0 spiro atoms. The van der Waals surface area contributed by atoms with Gasteiger partial charge in [0, 0.05) is 6.54 Å². The molecule has 1 heterocycles. The predicted octanol–water partition coefficient (Wildman–Crippen LogP) is 3.38. The number of ether oxygens (including phenoxy) is 1. The Labute approximate surface area is 145 Å². The number of carbonyl (C=O) groups is 1. The zero-order chi connectivity index (χ0) is 17.4. The molecule has 2 rings (SSSR count). The standard InChI is InChI=1S/C20H31NO3/c1-3-4-5-6-9-16(2)12-13-24-19-11-8-7-10-18(19)21-15-17(22)14-20(21)23/h3-6,9,17-19,22H,7-8,10-15H2,1-2H3/b4-3-,6-5-,16-9+/t17-,18+,19+/m1/s1. The summed E-state index contributed by atoms with van der Waals surface area (Å²) >= 11 is 0. The summed E-state index contributed by atoms with van der Waals surface area (Å²) in [6, 6.07) is 0.141. The van der Waals surface area contributed by atoms with Gasteiger partial charge in [-0.05, 0) is 33.1 Å². The molecule has 4 heteroatoms. The Kier molecular flexibility index (Phi) is 7.73. The van der Waals surface area contributed by atoms with Crippen LogP contribution in [0, 0.1) is 0 Å². The van der Waals surface area contributed by atoms with Crippen LogP contribution in [-0.2, 0) is 9.53 Å². The maximum atomic E-state index is 12.1. The summed E-state index contributed by atoms with van der Waals surface area (Å²) in [5, 5.41) is 9.73. The fraction of sp³-hybridized carbons (Fsp3) is 0.650. The number of hydrogen-bond donors (Lipinski definition) is 1. The number of nitrogens with zero attached hydrogens (tertiary/aromatic N) is 1. The van der Waals surface area contributed by atoms with Crippen molar-refractivity contribution in [2.75, 3.05) is 13.2 Å². The molecule has 24 heavy (non-hydrogen) atoms. The first-order valence-electron chi connectivity index (χ1n) is 9.16. The first-order valence-corrected chi connectivity index (χ1v) is 9.16. The number of allylic oxidation sites excluding steroid dienone is 5. The van der Waals surface area contributed by atoms with Crippen LogP contribution in [0.15, 0.2) is 36.0 Å². The number of likely N-dealkylation sites (tertiary alicyclic amines) is 1. The largest absolute Gasteiger partial charge is 0.391 e. The molecule has 1 aliphatic carbocycles. The smallest absolute Gasteiger partial charge is 0.225 e. The Hall–Kier alpha value is -1.39. The highest BCUT2D eigenvalue weighted by molar-refractivity contribution is 5.79. The Balaban J connectivity index is 1.82. The normalized spacial score (nSPS) is 29.3. The maximum Gasteiger partial charge on any atom is 0.225 e. The SMILES string of the molecule is C\C=C/C=C\C=C(/C)CCO[C@H]1CCCC[C@@H]1N1C[C@H](O)CC1=O. The first kappa shape index (κ1) is 18.9. The van der Waals surface area contributed by atoms with E-state index in [4.69, 9.17) is 4.74 Å². The van der Waals surface area contributed by atoms with E-state index >= 15 is 0 Å². The minimum Gasteiger partial charge on any atom is -0.391 e. The molecule has 0 aromatic heterocycles. The lowest BCUT2D eigenvalue weighted by Crippen LogP contribution is -2.47. The maximum absolute atomic E-state index is 12.1. The molecule has 1 N–H and O–H groups in total. The van der Waals surface area contributed by atoms with Gasteiger partial charge in [-0.2, -0.15) is 0 Å². The lowest BCUT2D eigenvalue weighted by Gasteiger charge is -2.37. The van der Waals surface area contributed by atoms with Crippen molar-refractivity contribution in [3.8, 4) is 0 Å². The lowest BCUT2D eigenvalue weighted by atomic mass is 9.91. The minimum atomic E-state index is -0.505. The number of rotatable bonds is 7. The molecule has 1 amide bonds. The number of aliphatic hydroxyl groups excluding tert-OH is 1. The van der Waals surface area contributed by atoms with Gasteiger partial charge < -0.3 is 14.7 Å². The topological polar surface area (TPSA) is 49.8 Å². The summed E-state index contributed by atoms with van der Waals surface area (Å²) in [7, 11) is 0. The van der Waals surface area contributed by atoms with E-state index in [2.05, 4.69) is 13.0 Å². The van der Waals surface area contributed by atoms with Crippen LogP contribution >= 0.6 is 0 Å². The van der Waals surface area contributed by atoms with E-state index in [1.54, 1.807) is 0 Å². The van der Waals surface area contributed by atoms with Gasteiger partial charge in [-0.25, -0.2) is 0 Å². The monoisotopic (exact) mass is 333 g/mol. The summed E-state index contributed by atoms with van der Waals surface area (Å²) in [4.78, 5) is 13.9. The van der Waals surface area contributed by atoms with Crippen molar-refractivity contribution in [3.05, 3.63) is 36.0 Å². The van der Waals surface area contributed by atoms with Gasteiger partial charge in [0.1, 0.15) is 0 Å². The van der Waals surface area contributed by atoms with E-state index in [1.807, 2.05) is 36.1 Å². The van der Waals surface area contributed by atoms with Crippen LogP contribution in [0.1, 0.15) is 52.4 Å². The van der Waals surface area contributed by atoms with Crippen molar-refractivity contribution in [3.63, 3.8) is 0 Å². The number of amides is 1. The van der Waals surface area contributed by atoms with Crippen LogP contribution in [-0.4, -0.2) is 47.3 Å². The van der Waals surface area contributed by atoms with E-state index in [0.717, 1.165) is 32.1 Å². The number of carbonyl (C=O) groups excluding carboxylic acids is 1. The summed E-state index contributed by atoms with van der Waals surface area (Å²) in [5.74, 6) is 0.0770. The van der Waals surface area contributed by atoms with Gasteiger partial charge >= 0.3 is 0 Å². The molecule has 0 unspecified atom stereocenters. The lowest BCUT2D eigenvalue weighted by molar-refractivity contribution is -0.134. The highest BCUT2D eigenvalue weighted by Crippen LogP contribution is 2.29. The van der Waals surface area contributed by atoms with Crippen LogP contribution in [0.5, 0.6) is 0 Å². The van der Waals surface area contributed by atoms with Gasteiger partial charge in [0.2, 0.25) is 5.91 Å². The van der Waals surface area contributed by atoms with E-state index in [-0.39, 0.29) is 24.5 Å². The second kappa shape index (κ2) is 9.80. The van der Waals surface area contributed by atoms with Crippen LogP contribution in [0.2, 0.25) is 0 Å². The van der Waals surface area contributed by atoms with Gasteiger partial charge in [-0.3, -0.25) is 4.79 Å². The Bertz CT molecular complexity index is 495. The summed E-state index contributed by atoms with van der Waals surface area (Å²) in [5.41, 5.74) is 1.29. The molecule has 2 fully saturated rings. The average molecular weight is 333 g/mol. The molecule has 1 saturated carbocycles. The number of hydrogen-bond acceptors (Lipinski definition) is 3. The molecule has 134 valence electrons. The Morgan fingerprint density at radius 2 is 2.08 bits per heavy atom.